The van der Waals surface area contributed by atoms with E-state index in [4.69, 9.17) is 5.11 Å². The lowest BCUT2D eigenvalue weighted by molar-refractivity contribution is -0.142. The first-order valence-corrected chi connectivity index (χ1v) is 6.05. The van der Waals surface area contributed by atoms with Crippen LogP contribution in [0.4, 0.5) is 0 Å². The number of aromatic nitrogens is 1. The molecule has 1 rings (SSSR count). The van der Waals surface area contributed by atoms with Gasteiger partial charge < -0.3 is 10.4 Å². The molecule has 18 heavy (non-hydrogen) atoms. The number of rotatable bonds is 7. The molecule has 98 valence electrons. The van der Waals surface area contributed by atoms with Gasteiger partial charge in [-0.15, -0.1) is 0 Å². The molecule has 1 aromatic rings. The summed E-state index contributed by atoms with van der Waals surface area (Å²) in [6.07, 6.45) is 3.61. The molecule has 0 bridgehead atoms. The van der Waals surface area contributed by atoms with Gasteiger partial charge in [-0.05, 0) is 25.0 Å². The Labute approximate surface area is 106 Å². The molecule has 0 aliphatic heterocycles. The van der Waals surface area contributed by atoms with Crippen LogP contribution in [0.5, 0.6) is 0 Å². The number of carboxylic acid groups (broad SMARTS) is 1. The van der Waals surface area contributed by atoms with Crippen molar-refractivity contribution in [2.45, 2.75) is 38.6 Å². The van der Waals surface area contributed by atoms with E-state index in [1.807, 2.05) is 25.1 Å². The van der Waals surface area contributed by atoms with Gasteiger partial charge in [0.15, 0.2) is 0 Å². The van der Waals surface area contributed by atoms with Crippen LogP contribution in [-0.2, 0) is 16.0 Å². The van der Waals surface area contributed by atoms with E-state index in [2.05, 4.69) is 10.3 Å². The minimum absolute atomic E-state index is 0.249. The average molecular weight is 250 g/mol. The number of nitrogens with zero attached hydrogens (tertiary/aromatic N) is 1. The molecule has 0 aliphatic rings. The standard InChI is InChI=1S/C13H18N2O3/c1-2-5-11(13(17)18)15-12(16)8-7-10-6-3-4-9-14-10/h3-4,6,9,11H,2,5,7-8H2,1H3,(H,15,16)(H,17,18)/t11-/m1/s1. The molecule has 0 saturated carbocycles. The maximum atomic E-state index is 11.6. The van der Waals surface area contributed by atoms with Crippen molar-refractivity contribution in [1.82, 2.24) is 10.3 Å². The van der Waals surface area contributed by atoms with E-state index in [-0.39, 0.29) is 12.3 Å². The summed E-state index contributed by atoms with van der Waals surface area (Å²) in [5, 5.41) is 11.4. The zero-order valence-electron chi connectivity index (χ0n) is 10.4. The highest BCUT2D eigenvalue weighted by molar-refractivity contribution is 5.83. The number of pyridine rings is 1. The molecule has 0 fully saturated rings. The first-order chi connectivity index (χ1) is 8.63. The summed E-state index contributed by atoms with van der Waals surface area (Å²) in [7, 11) is 0. The first kappa shape index (κ1) is 14.2. The second-order valence-corrected chi connectivity index (χ2v) is 4.07. The van der Waals surface area contributed by atoms with Crippen molar-refractivity contribution in [2.75, 3.05) is 0 Å². The molecule has 5 nitrogen and oxygen atoms in total. The normalized spacial score (nSPS) is 11.8. The average Bonchev–Trinajstić information content (AvgIpc) is 2.37. The van der Waals surface area contributed by atoms with E-state index in [0.29, 0.717) is 12.8 Å². The van der Waals surface area contributed by atoms with Crippen molar-refractivity contribution in [3.63, 3.8) is 0 Å². The van der Waals surface area contributed by atoms with E-state index in [1.165, 1.54) is 0 Å². The fourth-order valence-corrected chi connectivity index (χ4v) is 1.60. The minimum Gasteiger partial charge on any atom is -0.480 e. The molecule has 2 N–H and O–H groups in total. The van der Waals surface area contributed by atoms with Gasteiger partial charge in [0, 0.05) is 18.3 Å². The van der Waals surface area contributed by atoms with E-state index < -0.39 is 12.0 Å². The summed E-state index contributed by atoms with van der Waals surface area (Å²) in [5.41, 5.74) is 0.829. The molecule has 0 radical (unpaired) electrons. The van der Waals surface area contributed by atoms with Gasteiger partial charge in [-0.2, -0.15) is 0 Å². The fraction of sp³-hybridized carbons (Fsp3) is 0.462. The fourth-order valence-electron chi connectivity index (χ4n) is 1.60. The van der Waals surface area contributed by atoms with Gasteiger partial charge in [0.2, 0.25) is 5.91 Å². The number of hydrogen-bond donors (Lipinski definition) is 2. The molecule has 0 aromatic carbocycles. The summed E-state index contributed by atoms with van der Waals surface area (Å²) in [6.45, 7) is 1.88. The first-order valence-electron chi connectivity index (χ1n) is 6.05. The molecular formula is C13H18N2O3. The lowest BCUT2D eigenvalue weighted by atomic mass is 10.1. The number of aliphatic carboxylic acids is 1. The zero-order chi connectivity index (χ0) is 13.4. The lowest BCUT2D eigenvalue weighted by Crippen LogP contribution is -2.40. The largest absolute Gasteiger partial charge is 0.480 e. The van der Waals surface area contributed by atoms with Gasteiger partial charge in [0.25, 0.3) is 0 Å². The molecule has 0 spiro atoms. The van der Waals surface area contributed by atoms with E-state index in [1.54, 1.807) is 6.20 Å². The maximum absolute atomic E-state index is 11.6. The number of amides is 1. The van der Waals surface area contributed by atoms with Crippen molar-refractivity contribution in [3.05, 3.63) is 30.1 Å². The summed E-state index contributed by atoms with van der Waals surface area (Å²) < 4.78 is 0. The zero-order valence-corrected chi connectivity index (χ0v) is 10.4. The van der Waals surface area contributed by atoms with E-state index in [0.717, 1.165) is 12.1 Å². The molecule has 1 amide bonds. The third-order valence-corrected chi connectivity index (χ3v) is 2.55. The van der Waals surface area contributed by atoms with Crippen molar-refractivity contribution in [1.29, 1.82) is 0 Å². The highest BCUT2D eigenvalue weighted by Crippen LogP contribution is 2.01. The predicted octanol–water partition coefficient (Wildman–Crippen LogP) is 1.38. The van der Waals surface area contributed by atoms with Crippen LogP contribution in [0.1, 0.15) is 31.9 Å². The second kappa shape index (κ2) is 7.42. The van der Waals surface area contributed by atoms with Crippen LogP contribution >= 0.6 is 0 Å². The molecule has 1 atom stereocenters. The Balaban J connectivity index is 2.39. The highest BCUT2D eigenvalue weighted by Gasteiger charge is 2.18. The Morgan fingerprint density at radius 1 is 1.44 bits per heavy atom. The van der Waals surface area contributed by atoms with E-state index in [9.17, 15) is 9.59 Å². The lowest BCUT2D eigenvalue weighted by Gasteiger charge is -2.13. The van der Waals surface area contributed by atoms with Gasteiger partial charge in [0.05, 0.1) is 0 Å². The molecule has 1 heterocycles. The van der Waals surface area contributed by atoms with Gasteiger partial charge in [-0.1, -0.05) is 19.4 Å². The monoisotopic (exact) mass is 250 g/mol. The number of aryl methyl sites for hydroxylation is 1. The number of carbonyl (C=O) groups is 2. The maximum Gasteiger partial charge on any atom is 0.326 e. The van der Waals surface area contributed by atoms with Gasteiger partial charge in [0.1, 0.15) is 6.04 Å². The minimum atomic E-state index is -0.983. The number of carboxylic acids is 1. The molecular weight excluding hydrogens is 232 g/mol. The van der Waals surface area contributed by atoms with Crippen LogP contribution in [0.2, 0.25) is 0 Å². The second-order valence-electron chi connectivity index (χ2n) is 4.07. The van der Waals surface area contributed by atoms with Crippen LogP contribution < -0.4 is 5.32 Å². The Kier molecular flexibility index (Phi) is 5.84. The Hall–Kier alpha value is -1.91. The molecule has 0 aliphatic carbocycles. The molecule has 5 heteroatoms. The van der Waals surface area contributed by atoms with Crippen LogP contribution in [0.25, 0.3) is 0 Å². The quantitative estimate of drug-likeness (QED) is 0.766. The SMILES string of the molecule is CCC[C@@H](NC(=O)CCc1ccccn1)C(=O)O. The van der Waals surface area contributed by atoms with Crippen molar-refractivity contribution in [3.8, 4) is 0 Å². The van der Waals surface area contributed by atoms with Crippen molar-refractivity contribution < 1.29 is 14.7 Å². The van der Waals surface area contributed by atoms with Gasteiger partial charge in [-0.3, -0.25) is 9.78 Å². The third-order valence-electron chi connectivity index (χ3n) is 2.55. The molecule has 1 aromatic heterocycles. The Morgan fingerprint density at radius 2 is 2.22 bits per heavy atom. The van der Waals surface area contributed by atoms with Crippen LogP contribution in [0.15, 0.2) is 24.4 Å². The Bertz CT molecular complexity index is 392. The number of carbonyl (C=O) groups excluding carboxylic acids is 1. The van der Waals surface area contributed by atoms with Gasteiger partial charge in [-0.25, -0.2) is 4.79 Å². The highest BCUT2D eigenvalue weighted by atomic mass is 16.4. The summed E-state index contributed by atoms with van der Waals surface area (Å²) in [6, 6.07) is 4.72. The summed E-state index contributed by atoms with van der Waals surface area (Å²) in [4.78, 5) is 26.6. The smallest absolute Gasteiger partial charge is 0.326 e. The van der Waals surface area contributed by atoms with E-state index >= 15 is 0 Å². The predicted molar refractivity (Wildman–Crippen MR) is 67.0 cm³/mol. The third kappa shape index (κ3) is 4.95. The Morgan fingerprint density at radius 3 is 2.78 bits per heavy atom. The number of nitrogens with one attached hydrogen (secondary N) is 1. The molecule has 0 saturated heterocycles. The van der Waals surface area contributed by atoms with Crippen LogP contribution in [0, 0.1) is 0 Å². The van der Waals surface area contributed by atoms with Gasteiger partial charge >= 0.3 is 5.97 Å². The van der Waals surface area contributed by atoms with Crippen LogP contribution in [-0.4, -0.2) is 28.0 Å². The topological polar surface area (TPSA) is 79.3 Å². The molecule has 0 unspecified atom stereocenters. The summed E-state index contributed by atoms with van der Waals surface area (Å²) >= 11 is 0. The van der Waals surface area contributed by atoms with Crippen LogP contribution in [0.3, 0.4) is 0 Å². The summed E-state index contributed by atoms with van der Waals surface area (Å²) in [5.74, 6) is -1.23. The van der Waals surface area contributed by atoms with Crippen molar-refractivity contribution >= 4 is 11.9 Å². The number of hydrogen-bond acceptors (Lipinski definition) is 3. The van der Waals surface area contributed by atoms with Crippen molar-refractivity contribution in [2.24, 2.45) is 0 Å².